The van der Waals surface area contributed by atoms with Gasteiger partial charge < -0.3 is 30.6 Å². The summed E-state index contributed by atoms with van der Waals surface area (Å²) in [6.07, 6.45) is 4.48. The van der Waals surface area contributed by atoms with Crippen molar-refractivity contribution in [2.45, 2.75) is 89.4 Å². The molecule has 8 heteroatoms. The number of allylic oxidation sites excluding steroid dienone is 1. The summed E-state index contributed by atoms with van der Waals surface area (Å²) >= 11 is 0. The summed E-state index contributed by atoms with van der Waals surface area (Å²) in [6, 6.07) is -1.34. The first-order valence-corrected chi connectivity index (χ1v) is 10.9. The summed E-state index contributed by atoms with van der Waals surface area (Å²) in [7, 11) is 1.67. The molecule has 0 aromatic rings. The van der Waals surface area contributed by atoms with Gasteiger partial charge in [0.15, 0.2) is 0 Å². The molecule has 2 unspecified atom stereocenters. The Kier molecular flexibility index (Phi) is 6.51. The third-order valence-corrected chi connectivity index (χ3v) is 6.87. The quantitative estimate of drug-likeness (QED) is 0.407. The molecule has 2 saturated heterocycles. The fourth-order valence-corrected chi connectivity index (χ4v) is 5.06. The minimum Gasteiger partial charge on any atom is -0.379 e. The molecule has 3 amide bonds. The molecule has 2 aliphatic heterocycles. The molecule has 4 N–H and O–H groups in total. The Labute approximate surface area is 179 Å². The average molecular weight is 424 g/mol. The molecule has 0 aromatic heterocycles. The first-order chi connectivity index (χ1) is 14.0. The second-order valence-electron chi connectivity index (χ2n) is 9.73. The van der Waals surface area contributed by atoms with Gasteiger partial charge in [-0.05, 0) is 46.0 Å². The molecule has 2 heterocycles. The van der Waals surface area contributed by atoms with Gasteiger partial charge in [0.05, 0.1) is 30.5 Å². The van der Waals surface area contributed by atoms with Gasteiger partial charge in [-0.3, -0.25) is 4.79 Å². The number of methoxy groups -OCH3 is 1. The van der Waals surface area contributed by atoms with E-state index in [1.165, 1.54) is 5.57 Å². The number of carbonyl (C=O) groups excluding carboxylic acids is 2. The van der Waals surface area contributed by atoms with E-state index in [4.69, 9.17) is 19.9 Å². The normalized spacial score (nSPS) is 38.1. The van der Waals surface area contributed by atoms with Crippen LogP contribution in [-0.4, -0.2) is 61.1 Å². The predicted octanol–water partition coefficient (Wildman–Crippen LogP) is 1.87. The monoisotopic (exact) mass is 423 g/mol. The summed E-state index contributed by atoms with van der Waals surface area (Å²) in [5.41, 5.74) is 6.10. The maximum atomic E-state index is 12.6. The lowest BCUT2D eigenvalue weighted by molar-refractivity contribution is -0.120. The number of nitrogens with two attached hydrogens (primary N) is 1. The molecule has 1 spiro atoms. The van der Waals surface area contributed by atoms with E-state index in [2.05, 4.69) is 37.5 Å². The van der Waals surface area contributed by atoms with Crippen LogP contribution in [0.15, 0.2) is 11.6 Å². The van der Waals surface area contributed by atoms with Gasteiger partial charge in [0.1, 0.15) is 11.6 Å². The molecule has 0 radical (unpaired) electrons. The Morgan fingerprint density at radius 1 is 1.33 bits per heavy atom. The highest BCUT2D eigenvalue weighted by atomic mass is 16.6. The highest BCUT2D eigenvalue weighted by Crippen LogP contribution is 2.59. The molecular weight excluding hydrogens is 386 g/mol. The van der Waals surface area contributed by atoms with Crippen LogP contribution in [0.4, 0.5) is 4.79 Å². The van der Waals surface area contributed by atoms with Crippen LogP contribution < -0.4 is 16.4 Å². The fraction of sp³-hybridized carbons (Fsp3) is 0.818. The first-order valence-electron chi connectivity index (χ1n) is 10.9. The minimum atomic E-state index is -0.721. The van der Waals surface area contributed by atoms with Crippen LogP contribution in [0.1, 0.15) is 53.9 Å². The van der Waals surface area contributed by atoms with E-state index in [-0.39, 0.29) is 41.3 Å². The zero-order chi connectivity index (χ0) is 22.3. The van der Waals surface area contributed by atoms with Crippen LogP contribution in [-0.2, 0) is 19.0 Å². The molecule has 0 bridgehead atoms. The highest BCUT2D eigenvalue weighted by Gasteiger charge is 2.71. The number of ether oxygens (including phenoxy) is 3. The van der Waals surface area contributed by atoms with Crippen molar-refractivity contribution in [3.63, 3.8) is 0 Å². The van der Waals surface area contributed by atoms with Crippen molar-refractivity contribution >= 4 is 11.9 Å². The maximum Gasteiger partial charge on any atom is 0.315 e. The number of carbonyl (C=O) groups is 2. The van der Waals surface area contributed by atoms with Crippen LogP contribution in [0.5, 0.6) is 0 Å². The van der Waals surface area contributed by atoms with Gasteiger partial charge in [-0.15, -0.1) is 0 Å². The lowest BCUT2D eigenvalue weighted by atomic mass is 9.67. The molecule has 3 fully saturated rings. The molecule has 30 heavy (non-hydrogen) atoms. The van der Waals surface area contributed by atoms with Crippen molar-refractivity contribution in [2.24, 2.45) is 17.6 Å². The molecule has 0 aromatic carbocycles. The minimum absolute atomic E-state index is 0.0154. The molecule has 7 atom stereocenters. The third-order valence-electron chi connectivity index (χ3n) is 6.87. The molecule has 3 rings (SSSR count). The molecule has 8 nitrogen and oxygen atoms in total. The maximum absolute atomic E-state index is 12.6. The van der Waals surface area contributed by atoms with Gasteiger partial charge in [0.2, 0.25) is 5.91 Å². The Balaban J connectivity index is 1.71. The second kappa shape index (κ2) is 8.48. The first kappa shape index (κ1) is 23.0. The molecule has 1 aliphatic carbocycles. The SMILES string of the molecule is CO[C@@H]1[C@H](NC(=O)NC(C(N)=O)C(C)C)CCC2(CO2)[C@H]1[C@@]1(C)O[C@@H]1CC=C(C)C. The van der Waals surface area contributed by atoms with E-state index in [0.29, 0.717) is 6.61 Å². The standard InChI is InChI=1S/C22H37N3O5/c1-12(2)7-8-15-21(5,30-15)18-17(28-6)14(9-10-22(18)11-29-22)24-20(27)25-16(13(3)4)19(23)26/h7,13-18H,8-11H2,1-6H3,(H2,23,26)(H2,24,25,27)/t14-,15-,16?,17-,18-,21+,22?/m1/s1. The van der Waals surface area contributed by atoms with Crippen molar-refractivity contribution in [1.82, 2.24) is 10.6 Å². The summed E-state index contributed by atoms with van der Waals surface area (Å²) in [4.78, 5) is 24.3. The molecular formula is C22H37N3O5. The van der Waals surface area contributed by atoms with Crippen molar-refractivity contribution in [1.29, 1.82) is 0 Å². The van der Waals surface area contributed by atoms with Crippen LogP contribution in [0.25, 0.3) is 0 Å². The Morgan fingerprint density at radius 3 is 2.50 bits per heavy atom. The van der Waals surface area contributed by atoms with Gasteiger partial charge in [-0.25, -0.2) is 4.79 Å². The van der Waals surface area contributed by atoms with E-state index in [1.54, 1.807) is 7.11 Å². The summed E-state index contributed by atoms with van der Waals surface area (Å²) in [5, 5.41) is 5.72. The number of urea groups is 1. The Morgan fingerprint density at radius 2 is 2.00 bits per heavy atom. The number of hydrogen-bond acceptors (Lipinski definition) is 5. The van der Waals surface area contributed by atoms with Gasteiger partial charge in [-0.2, -0.15) is 0 Å². The van der Waals surface area contributed by atoms with Crippen LogP contribution in [0, 0.1) is 11.8 Å². The number of nitrogens with one attached hydrogen (secondary N) is 2. The number of primary amides is 1. The molecule has 170 valence electrons. The Bertz CT molecular complexity index is 701. The second-order valence-corrected chi connectivity index (χ2v) is 9.73. The number of epoxide rings is 2. The lowest BCUT2D eigenvalue weighted by Gasteiger charge is -2.43. The van der Waals surface area contributed by atoms with Crippen molar-refractivity contribution in [3.05, 3.63) is 11.6 Å². The zero-order valence-corrected chi connectivity index (χ0v) is 19.0. The summed E-state index contributed by atoms with van der Waals surface area (Å²) in [5.74, 6) is -0.624. The van der Waals surface area contributed by atoms with Crippen molar-refractivity contribution < 1.29 is 23.8 Å². The molecule has 1 saturated carbocycles. The van der Waals surface area contributed by atoms with Crippen molar-refractivity contribution in [3.8, 4) is 0 Å². The number of hydrogen-bond donors (Lipinski definition) is 3. The number of rotatable bonds is 8. The summed E-state index contributed by atoms with van der Waals surface area (Å²) < 4.78 is 18.1. The fourth-order valence-electron chi connectivity index (χ4n) is 5.06. The van der Waals surface area contributed by atoms with E-state index in [0.717, 1.165) is 19.3 Å². The number of amides is 3. The van der Waals surface area contributed by atoms with E-state index in [9.17, 15) is 9.59 Å². The largest absolute Gasteiger partial charge is 0.379 e. The van der Waals surface area contributed by atoms with Gasteiger partial charge in [-0.1, -0.05) is 25.5 Å². The topological polar surface area (TPSA) is 119 Å². The highest BCUT2D eigenvalue weighted by molar-refractivity contribution is 5.86. The smallest absolute Gasteiger partial charge is 0.315 e. The van der Waals surface area contributed by atoms with E-state index in [1.807, 2.05) is 13.8 Å². The average Bonchev–Trinajstić information content (AvgIpc) is 3.56. The van der Waals surface area contributed by atoms with Crippen molar-refractivity contribution in [2.75, 3.05) is 13.7 Å². The van der Waals surface area contributed by atoms with Crippen LogP contribution in [0.2, 0.25) is 0 Å². The Hall–Kier alpha value is -1.64. The lowest BCUT2D eigenvalue weighted by Crippen LogP contribution is -2.61. The van der Waals surface area contributed by atoms with E-state index >= 15 is 0 Å². The zero-order valence-electron chi connectivity index (χ0n) is 19.0. The summed E-state index contributed by atoms with van der Waals surface area (Å²) in [6.45, 7) is 10.7. The van der Waals surface area contributed by atoms with Crippen LogP contribution in [0.3, 0.4) is 0 Å². The van der Waals surface area contributed by atoms with Gasteiger partial charge >= 0.3 is 6.03 Å². The van der Waals surface area contributed by atoms with Crippen LogP contribution >= 0.6 is 0 Å². The molecule has 3 aliphatic rings. The van der Waals surface area contributed by atoms with Gasteiger partial charge in [0, 0.05) is 13.0 Å². The predicted molar refractivity (Wildman–Crippen MR) is 113 cm³/mol. The third kappa shape index (κ3) is 4.50. The van der Waals surface area contributed by atoms with E-state index < -0.39 is 18.0 Å². The van der Waals surface area contributed by atoms with Gasteiger partial charge in [0.25, 0.3) is 0 Å².